The van der Waals surface area contributed by atoms with Crippen molar-refractivity contribution in [2.24, 2.45) is 5.92 Å². The van der Waals surface area contributed by atoms with E-state index in [9.17, 15) is 14.7 Å². The summed E-state index contributed by atoms with van der Waals surface area (Å²) >= 11 is 3.30. The highest BCUT2D eigenvalue weighted by Crippen LogP contribution is 2.32. The van der Waals surface area contributed by atoms with Gasteiger partial charge in [0.05, 0.1) is 17.2 Å². The first-order valence-corrected chi connectivity index (χ1v) is 6.69. The second kappa shape index (κ2) is 4.17. The van der Waals surface area contributed by atoms with Crippen molar-refractivity contribution in [2.75, 3.05) is 6.54 Å². The minimum absolute atomic E-state index is 0.219. The van der Waals surface area contributed by atoms with Crippen molar-refractivity contribution in [3.63, 3.8) is 0 Å². The first-order valence-electron chi connectivity index (χ1n) is 5.90. The third-order valence-corrected chi connectivity index (χ3v) is 4.08. The summed E-state index contributed by atoms with van der Waals surface area (Å²) in [4.78, 5) is 25.5. The molecule has 18 heavy (non-hydrogen) atoms. The molecule has 2 aliphatic rings. The number of imide groups is 1. The lowest BCUT2D eigenvalue weighted by Gasteiger charge is -2.33. The van der Waals surface area contributed by atoms with Gasteiger partial charge in [-0.3, -0.25) is 14.5 Å². The van der Waals surface area contributed by atoms with Crippen LogP contribution in [0.15, 0.2) is 22.7 Å². The first-order chi connectivity index (χ1) is 8.56. The van der Waals surface area contributed by atoms with Crippen molar-refractivity contribution in [2.45, 2.75) is 18.9 Å². The SMILES string of the molecule is O=C1c2ccc(Br)cc2C(=O)N1CC1CC(O)C1. The van der Waals surface area contributed by atoms with Crippen LogP contribution in [0.25, 0.3) is 0 Å². The lowest BCUT2D eigenvalue weighted by Crippen LogP contribution is -2.41. The van der Waals surface area contributed by atoms with E-state index in [2.05, 4.69) is 15.9 Å². The number of carbonyl (C=O) groups excluding carboxylic acids is 2. The third kappa shape index (κ3) is 1.78. The van der Waals surface area contributed by atoms with Crippen molar-refractivity contribution in [1.82, 2.24) is 4.90 Å². The summed E-state index contributed by atoms with van der Waals surface area (Å²) in [6, 6.07) is 5.13. The van der Waals surface area contributed by atoms with E-state index < -0.39 is 0 Å². The molecule has 3 rings (SSSR count). The van der Waals surface area contributed by atoms with Gasteiger partial charge in [0.25, 0.3) is 11.8 Å². The summed E-state index contributed by atoms with van der Waals surface area (Å²) in [5.41, 5.74) is 0.942. The number of carbonyl (C=O) groups is 2. The Balaban J connectivity index is 1.83. The molecule has 1 aliphatic carbocycles. The van der Waals surface area contributed by atoms with Gasteiger partial charge < -0.3 is 5.11 Å². The number of nitrogens with zero attached hydrogens (tertiary/aromatic N) is 1. The van der Waals surface area contributed by atoms with Crippen LogP contribution < -0.4 is 0 Å². The van der Waals surface area contributed by atoms with E-state index in [4.69, 9.17) is 0 Å². The first kappa shape index (κ1) is 11.9. The summed E-state index contributed by atoms with van der Waals surface area (Å²) in [5.74, 6) is -0.202. The number of hydrogen-bond acceptors (Lipinski definition) is 3. The van der Waals surface area contributed by atoms with E-state index in [1.54, 1.807) is 18.2 Å². The molecule has 1 heterocycles. The Labute approximate surface area is 113 Å². The van der Waals surface area contributed by atoms with Gasteiger partial charge in [0.15, 0.2) is 0 Å². The van der Waals surface area contributed by atoms with Gasteiger partial charge in [-0.05, 0) is 37.0 Å². The molecule has 94 valence electrons. The van der Waals surface area contributed by atoms with Crippen molar-refractivity contribution in [1.29, 1.82) is 0 Å². The van der Waals surface area contributed by atoms with Gasteiger partial charge in [0.2, 0.25) is 0 Å². The Morgan fingerprint density at radius 1 is 1.22 bits per heavy atom. The molecule has 4 nitrogen and oxygen atoms in total. The molecule has 0 bridgehead atoms. The number of hydrogen-bond donors (Lipinski definition) is 1. The molecule has 0 radical (unpaired) electrons. The summed E-state index contributed by atoms with van der Waals surface area (Å²) in [6.45, 7) is 0.418. The molecule has 1 saturated carbocycles. The number of rotatable bonds is 2. The molecule has 0 spiro atoms. The van der Waals surface area contributed by atoms with Gasteiger partial charge in [-0.15, -0.1) is 0 Å². The third-order valence-electron chi connectivity index (χ3n) is 3.58. The summed E-state index contributed by atoms with van der Waals surface area (Å²) in [6.07, 6.45) is 1.09. The Hall–Kier alpha value is -1.20. The lowest BCUT2D eigenvalue weighted by molar-refractivity contribution is 0.0233. The largest absolute Gasteiger partial charge is 0.393 e. The number of amides is 2. The molecule has 0 saturated heterocycles. The normalized spacial score (nSPS) is 26.2. The van der Waals surface area contributed by atoms with E-state index in [-0.39, 0.29) is 23.8 Å². The van der Waals surface area contributed by atoms with E-state index in [1.807, 2.05) is 0 Å². The molecule has 1 aromatic rings. The van der Waals surface area contributed by atoms with Crippen LogP contribution in [-0.2, 0) is 0 Å². The second-order valence-corrected chi connectivity index (χ2v) is 5.82. The minimum Gasteiger partial charge on any atom is -0.393 e. The maximum Gasteiger partial charge on any atom is 0.261 e. The van der Waals surface area contributed by atoms with E-state index in [0.29, 0.717) is 30.5 Å². The Morgan fingerprint density at radius 3 is 2.56 bits per heavy atom. The van der Waals surface area contributed by atoms with Crippen molar-refractivity contribution < 1.29 is 14.7 Å². The molecule has 1 aliphatic heterocycles. The Bertz CT molecular complexity index is 537. The van der Waals surface area contributed by atoms with Crippen LogP contribution in [-0.4, -0.2) is 34.5 Å². The van der Waals surface area contributed by atoms with E-state index >= 15 is 0 Å². The van der Waals surface area contributed by atoms with Crippen LogP contribution in [0.5, 0.6) is 0 Å². The molecule has 5 heteroatoms. The zero-order chi connectivity index (χ0) is 12.9. The van der Waals surface area contributed by atoms with Crippen LogP contribution in [0.3, 0.4) is 0 Å². The van der Waals surface area contributed by atoms with Crippen LogP contribution >= 0.6 is 15.9 Å². The molecule has 2 amide bonds. The van der Waals surface area contributed by atoms with Crippen LogP contribution in [0.1, 0.15) is 33.6 Å². The quantitative estimate of drug-likeness (QED) is 0.848. The standard InChI is InChI=1S/C13H12BrNO3/c14-8-1-2-10-11(5-8)13(18)15(12(10)17)6-7-3-9(16)4-7/h1-2,5,7,9,16H,3-4,6H2. The topological polar surface area (TPSA) is 57.6 Å². The fourth-order valence-corrected chi connectivity index (χ4v) is 2.90. The Morgan fingerprint density at radius 2 is 1.89 bits per heavy atom. The van der Waals surface area contributed by atoms with Gasteiger partial charge in [-0.2, -0.15) is 0 Å². The Kier molecular flexibility index (Phi) is 2.75. The maximum atomic E-state index is 12.1. The molecular formula is C13H12BrNO3. The second-order valence-electron chi connectivity index (χ2n) is 4.90. The van der Waals surface area contributed by atoms with Gasteiger partial charge in [0, 0.05) is 11.0 Å². The molecule has 1 aromatic carbocycles. The number of fused-ring (bicyclic) bond motifs is 1. The summed E-state index contributed by atoms with van der Waals surface area (Å²) in [5, 5.41) is 9.24. The fourth-order valence-electron chi connectivity index (χ4n) is 2.54. The zero-order valence-electron chi connectivity index (χ0n) is 9.60. The molecule has 0 aromatic heterocycles. The highest BCUT2D eigenvalue weighted by Gasteiger charge is 2.39. The van der Waals surface area contributed by atoms with E-state index in [1.165, 1.54) is 4.90 Å². The zero-order valence-corrected chi connectivity index (χ0v) is 11.2. The van der Waals surface area contributed by atoms with Crippen LogP contribution in [0.4, 0.5) is 0 Å². The molecule has 0 unspecified atom stereocenters. The lowest BCUT2D eigenvalue weighted by atomic mass is 9.82. The monoisotopic (exact) mass is 309 g/mol. The predicted octanol–water partition coefficient (Wildman–Crippen LogP) is 1.82. The predicted molar refractivity (Wildman–Crippen MR) is 68.2 cm³/mol. The van der Waals surface area contributed by atoms with Gasteiger partial charge in [-0.25, -0.2) is 0 Å². The van der Waals surface area contributed by atoms with Gasteiger partial charge >= 0.3 is 0 Å². The highest BCUT2D eigenvalue weighted by atomic mass is 79.9. The van der Waals surface area contributed by atoms with Crippen molar-refractivity contribution in [3.8, 4) is 0 Å². The van der Waals surface area contributed by atoms with Crippen molar-refractivity contribution in [3.05, 3.63) is 33.8 Å². The molecular weight excluding hydrogens is 298 g/mol. The number of benzene rings is 1. The minimum atomic E-state index is -0.265. The number of aliphatic hydroxyl groups excluding tert-OH is 1. The number of aliphatic hydroxyl groups is 1. The van der Waals surface area contributed by atoms with Gasteiger partial charge in [-0.1, -0.05) is 15.9 Å². The molecule has 1 fully saturated rings. The summed E-state index contributed by atoms with van der Waals surface area (Å²) in [7, 11) is 0. The average Bonchev–Trinajstić information content (AvgIpc) is 2.52. The smallest absolute Gasteiger partial charge is 0.261 e. The van der Waals surface area contributed by atoms with Crippen molar-refractivity contribution >= 4 is 27.7 Å². The summed E-state index contributed by atoms with van der Waals surface area (Å²) < 4.78 is 0.795. The molecule has 0 atom stereocenters. The average molecular weight is 310 g/mol. The highest BCUT2D eigenvalue weighted by molar-refractivity contribution is 9.10. The number of halogens is 1. The van der Waals surface area contributed by atoms with Gasteiger partial charge in [0.1, 0.15) is 0 Å². The molecule has 1 N–H and O–H groups in total. The van der Waals surface area contributed by atoms with E-state index in [0.717, 1.165) is 4.47 Å². The maximum absolute atomic E-state index is 12.1. The van der Waals surface area contributed by atoms with Crippen LogP contribution in [0.2, 0.25) is 0 Å². The fraction of sp³-hybridized carbons (Fsp3) is 0.385. The van der Waals surface area contributed by atoms with Crippen LogP contribution in [0, 0.1) is 5.92 Å².